The van der Waals surface area contributed by atoms with Crippen molar-refractivity contribution in [3.05, 3.63) is 35.9 Å². The van der Waals surface area contributed by atoms with Crippen LogP contribution in [0.2, 0.25) is 0 Å². The number of rotatable bonds is 9. The molecule has 0 aliphatic carbocycles. The van der Waals surface area contributed by atoms with Gasteiger partial charge in [0.05, 0.1) is 12.4 Å². The molecule has 0 saturated heterocycles. The number of ether oxygens (including phenoxy) is 1. The molecular weight excluding hydrogens is 310 g/mol. The standard InChI is InChI=1S/C14H21NO4S2/c1-3-19-14(16)13(9-10-20-2)15-21(17,18)11-12-7-5-4-6-8-12/h4-8,13,15H,3,9-11H2,1-2H3/t13-/m0/s1. The first-order valence-electron chi connectivity index (χ1n) is 6.68. The summed E-state index contributed by atoms with van der Waals surface area (Å²) in [5.41, 5.74) is 0.678. The zero-order valence-electron chi connectivity index (χ0n) is 12.2. The predicted molar refractivity (Wildman–Crippen MR) is 85.6 cm³/mol. The van der Waals surface area contributed by atoms with Crippen molar-refractivity contribution < 1.29 is 17.9 Å². The molecule has 0 aromatic heterocycles. The van der Waals surface area contributed by atoms with E-state index in [4.69, 9.17) is 4.74 Å². The summed E-state index contributed by atoms with van der Waals surface area (Å²) in [6, 6.07) is 8.03. The number of hydrogen-bond donors (Lipinski definition) is 1. The van der Waals surface area contributed by atoms with E-state index in [2.05, 4.69) is 4.72 Å². The Morgan fingerprint density at radius 2 is 2.00 bits per heavy atom. The van der Waals surface area contributed by atoms with Gasteiger partial charge >= 0.3 is 5.97 Å². The van der Waals surface area contributed by atoms with Crippen molar-refractivity contribution in [1.29, 1.82) is 0 Å². The second kappa shape index (κ2) is 9.07. The van der Waals surface area contributed by atoms with Crippen LogP contribution in [0.4, 0.5) is 0 Å². The molecule has 1 N–H and O–H groups in total. The van der Waals surface area contributed by atoms with E-state index in [-0.39, 0.29) is 12.4 Å². The first-order chi connectivity index (χ1) is 9.98. The topological polar surface area (TPSA) is 72.5 Å². The predicted octanol–water partition coefficient (Wildman–Crippen LogP) is 1.79. The van der Waals surface area contributed by atoms with E-state index in [0.717, 1.165) is 0 Å². The number of sulfonamides is 1. The third-order valence-corrected chi connectivity index (χ3v) is 4.70. The number of benzene rings is 1. The number of carbonyl (C=O) groups excluding carboxylic acids is 1. The Hall–Kier alpha value is -1.05. The first kappa shape index (κ1) is 18.0. The van der Waals surface area contributed by atoms with Crippen LogP contribution in [-0.2, 0) is 25.3 Å². The molecule has 0 bridgehead atoms. The van der Waals surface area contributed by atoms with Gasteiger partial charge in [0.1, 0.15) is 6.04 Å². The minimum atomic E-state index is -3.59. The van der Waals surface area contributed by atoms with Gasteiger partial charge in [0.25, 0.3) is 0 Å². The molecular formula is C14H21NO4S2. The van der Waals surface area contributed by atoms with E-state index in [1.807, 2.05) is 12.3 Å². The maximum atomic E-state index is 12.2. The van der Waals surface area contributed by atoms with Gasteiger partial charge in [-0.15, -0.1) is 0 Å². The molecule has 1 rings (SSSR count). The highest BCUT2D eigenvalue weighted by atomic mass is 32.2. The summed E-state index contributed by atoms with van der Waals surface area (Å²) in [6.07, 6.45) is 2.31. The molecule has 0 unspecified atom stereocenters. The lowest BCUT2D eigenvalue weighted by molar-refractivity contribution is -0.145. The molecule has 0 amide bonds. The molecule has 7 heteroatoms. The highest BCUT2D eigenvalue weighted by molar-refractivity contribution is 7.98. The Balaban J connectivity index is 2.73. The largest absolute Gasteiger partial charge is 0.465 e. The first-order valence-corrected chi connectivity index (χ1v) is 9.72. The summed E-state index contributed by atoms with van der Waals surface area (Å²) >= 11 is 1.55. The molecule has 1 aromatic carbocycles. The number of hydrogen-bond acceptors (Lipinski definition) is 5. The fraction of sp³-hybridized carbons (Fsp3) is 0.500. The molecule has 21 heavy (non-hydrogen) atoms. The normalized spacial score (nSPS) is 12.9. The van der Waals surface area contributed by atoms with Gasteiger partial charge < -0.3 is 4.74 Å². The van der Waals surface area contributed by atoms with Gasteiger partial charge in [0, 0.05) is 0 Å². The van der Waals surface area contributed by atoms with Gasteiger partial charge in [-0.25, -0.2) is 13.1 Å². The van der Waals surface area contributed by atoms with Crippen LogP contribution >= 0.6 is 11.8 Å². The highest BCUT2D eigenvalue weighted by Gasteiger charge is 2.25. The third-order valence-electron chi connectivity index (χ3n) is 2.70. The van der Waals surface area contributed by atoms with Crippen LogP contribution in [0.3, 0.4) is 0 Å². The van der Waals surface area contributed by atoms with E-state index in [9.17, 15) is 13.2 Å². The maximum Gasteiger partial charge on any atom is 0.324 e. The summed E-state index contributed by atoms with van der Waals surface area (Å²) < 4.78 is 31.7. The lowest BCUT2D eigenvalue weighted by Gasteiger charge is -2.17. The molecule has 0 spiro atoms. The summed E-state index contributed by atoms with van der Waals surface area (Å²) in [5.74, 6) is 0.00330. The van der Waals surface area contributed by atoms with Crippen LogP contribution in [0, 0.1) is 0 Å². The summed E-state index contributed by atoms with van der Waals surface area (Å²) in [4.78, 5) is 11.8. The average molecular weight is 331 g/mol. The second-order valence-electron chi connectivity index (χ2n) is 4.45. The van der Waals surface area contributed by atoms with E-state index < -0.39 is 22.0 Å². The summed E-state index contributed by atoms with van der Waals surface area (Å²) in [6.45, 7) is 1.93. The van der Waals surface area contributed by atoms with Crippen molar-refractivity contribution in [3.8, 4) is 0 Å². The van der Waals surface area contributed by atoms with Gasteiger partial charge in [-0.05, 0) is 30.9 Å². The smallest absolute Gasteiger partial charge is 0.324 e. The molecule has 1 aromatic rings. The van der Waals surface area contributed by atoms with Crippen molar-refractivity contribution in [2.75, 3.05) is 18.6 Å². The fourth-order valence-electron chi connectivity index (χ4n) is 1.76. The Bertz CT molecular complexity index is 531. The zero-order valence-corrected chi connectivity index (χ0v) is 13.9. The lowest BCUT2D eigenvalue weighted by atomic mass is 10.2. The van der Waals surface area contributed by atoms with Crippen molar-refractivity contribution in [3.63, 3.8) is 0 Å². The van der Waals surface area contributed by atoms with Crippen molar-refractivity contribution in [2.24, 2.45) is 0 Å². The monoisotopic (exact) mass is 331 g/mol. The Kier molecular flexibility index (Phi) is 7.77. The van der Waals surface area contributed by atoms with Gasteiger partial charge in [-0.2, -0.15) is 11.8 Å². The van der Waals surface area contributed by atoms with Crippen LogP contribution in [-0.4, -0.2) is 39.0 Å². The van der Waals surface area contributed by atoms with Crippen LogP contribution < -0.4 is 4.72 Å². The van der Waals surface area contributed by atoms with E-state index in [1.165, 1.54) is 0 Å². The third kappa shape index (κ3) is 6.97. The van der Waals surface area contributed by atoms with Crippen LogP contribution in [0.25, 0.3) is 0 Å². The Labute approximate surface area is 130 Å². The SMILES string of the molecule is CCOC(=O)[C@H](CCSC)NS(=O)(=O)Cc1ccccc1. The van der Waals surface area contributed by atoms with Crippen molar-refractivity contribution in [1.82, 2.24) is 4.72 Å². The highest BCUT2D eigenvalue weighted by Crippen LogP contribution is 2.08. The van der Waals surface area contributed by atoms with Crippen molar-refractivity contribution in [2.45, 2.75) is 25.1 Å². The molecule has 0 aliphatic heterocycles. The minimum Gasteiger partial charge on any atom is -0.465 e. The van der Waals surface area contributed by atoms with Crippen LogP contribution in [0.15, 0.2) is 30.3 Å². The fourth-order valence-corrected chi connectivity index (χ4v) is 3.59. The molecule has 0 saturated carbocycles. The number of esters is 1. The van der Waals surface area contributed by atoms with Gasteiger partial charge in [-0.3, -0.25) is 4.79 Å². The number of carbonyl (C=O) groups is 1. The maximum absolute atomic E-state index is 12.2. The number of thioether (sulfide) groups is 1. The number of nitrogens with one attached hydrogen (secondary N) is 1. The molecule has 5 nitrogen and oxygen atoms in total. The van der Waals surface area contributed by atoms with Gasteiger partial charge in [-0.1, -0.05) is 30.3 Å². The molecule has 0 radical (unpaired) electrons. The van der Waals surface area contributed by atoms with E-state index in [0.29, 0.717) is 17.7 Å². The van der Waals surface area contributed by atoms with Crippen molar-refractivity contribution >= 4 is 27.8 Å². The summed E-state index contributed by atoms with van der Waals surface area (Å²) in [7, 11) is -3.59. The molecule has 0 fully saturated rings. The lowest BCUT2D eigenvalue weighted by Crippen LogP contribution is -2.42. The molecule has 0 aliphatic rings. The van der Waals surface area contributed by atoms with E-state index >= 15 is 0 Å². The molecule has 1 atom stereocenters. The van der Waals surface area contributed by atoms with Gasteiger partial charge in [0.15, 0.2) is 0 Å². The Morgan fingerprint density at radius 1 is 1.33 bits per heavy atom. The van der Waals surface area contributed by atoms with E-state index in [1.54, 1.807) is 43.0 Å². The summed E-state index contributed by atoms with van der Waals surface area (Å²) in [5, 5.41) is 0. The average Bonchev–Trinajstić information content (AvgIpc) is 2.44. The van der Waals surface area contributed by atoms with Crippen LogP contribution in [0.5, 0.6) is 0 Å². The van der Waals surface area contributed by atoms with Crippen LogP contribution in [0.1, 0.15) is 18.9 Å². The Morgan fingerprint density at radius 3 is 2.57 bits per heavy atom. The van der Waals surface area contributed by atoms with Gasteiger partial charge in [0.2, 0.25) is 10.0 Å². The molecule has 118 valence electrons. The quantitative estimate of drug-likeness (QED) is 0.699. The molecule has 0 heterocycles. The second-order valence-corrected chi connectivity index (χ2v) is 7.19. The minimum absolute atomic E-state index is 0.150. The zero-order chi connectivity index (χ0) is 15.7.